The number of hydrazone groups is 1. The standard InChI is InChI=1S/C9H13N3/c10-9(12-11)7-6-8-4-2-1-3-5-8/h1-5H,6-7,11H2,(H2,10,12). The fraction of sp³-hybridized carbons (Fsp3) is 0.222. The number of aryl methyl sites for hydroxylation is 1. The molecule has 0 atom stereocenters. The first-order valence-electron chi connectivity index (χ1n) is 3.89. The first kappa shape index (κ1) is 8.59. The number of rotatable bonds is 3. The van der Waals surface area contributed by atoms with Crippen LogP contribution in [0.1, 0.15) is 12.0 Å². The van der Waals surface area contributed by atoms with Crippen molar-refractivity contribution in [3.05, 3.63) is 35.9 Å². The predicted molar refractivity (Wildman–Crippen MR) is 50.6 cm³/mol. The molecule has 0 aliphatic rings. The van der Waals surface area contributed by atoms with Gasteiger partial charge in [0.25, 0.3) is 0 Å². The van der Waals surface area contributed by atoms with Crippen LogP contribution < -0.4 is 11.6 Å². The van der Waals surface area contributed by atoms with Crippen LogP contribution in [0.4, 0.5) is 0 Å². The van der Waals surface area contributed by atoms with Crippen molar-refractivity contribution in [2.24, 2.45) is 16.7 Å². The van der Waals surface area contributed by atoms with Gasteiger partial charge in [0.15, 0.2) is 0 Å². The Kier molecular flexibility index (Phi) is 3.14. The van der Waals surface area contributed by atoms with Crippen molar-refractivity contribution in [2.45, 2.75) is 12.8 Å². The first-order valence-corrected chi connectivity index (χ1v) is 3.89. The van der Waals surface area contributed by atoms with Crippen molar-refractivity contribution >= 4 is 5.84 Å². The van der Waals surface area contributed by atoms with E-state index in [0.717, 1.165) is 12.8 Å². The van der Waals surface area contributed by atoms with E-state index in [1.807, 2.05) is 18.2 Å². The van der Waals surface area contributed by atoms with Crippen molar-refractivity contribution < 1.29 is 0 Å². The molecule has 12 heavy (non-hydrogen) atoms. The van der Waals surface area contributed by atoms with Crippen molar-refractivity contribution in [2.75, 3.05) is 0 Å². The lowest BCUT2D eigenvalue weighted by molar-refractivity contribution is 1.01. The maximum absolute atomic E-state index is 5.45. The topological polar surface area (TPSA) is 64.4 Å². The molecule has 3 nitrogen and oxygen atoms in total. The normalized spacial score (nSPS) is 11.5. The molecule has 0 radical (unpaired) electrons. The summed E-state index contributed by atoms with van der Waals surface area (Å²) in [5.41, 5.74) is 6.70. The molecule has 0 unspecified atom stereocenters. The highest BCUT2D eigenvalue weighted by Crippen LogP contribution is 2.01. The van der Waals surface area contributed by atoms with Crippen molar-refractivity contribution in [3.8, 4) is 0 Å². The molecule has 0 spiro atoms. The number of amidine groups is 1. The lowest BCUT2D eigenvalue weighted by Gasteiger charge is -1.99. The van der Waals surface area contributed by atoms with E-state index >= 15 is 0 Å². The summed E-state index contributed by atoms with van der Waals surface area (Å²) in [4.78, 5) is 0. The molecule has 1 rings (SSSR count). The second-order valence-electron chi connectivity index (χ2n) is 2.61. The van der Waals surface area contributed by atoms with Crippen LogP contribution in [0.2, 0.25) is 0 Å². The predicted octanol–water partition coefficient (Wildman–Crippen LogP) is 0.850. The second-order valence-corrected chi connectivity index (χ2v) is 2.61. The summed E-state index contributed by atoms with van der Waals surface area (Å²) in [5, 5.41) is 3.40. The van der Waals surface area contributed by atoms with Crippen LogP contribution in [0.5, 0.6) is 0 Å². The minimum Gasteiger partial charge on any atom is -0.386 e. The Morgan fingerprint density at radius 2 is 1.92 bits per heavy atom. The Bertz CT molecular complexity index is 254. The van der Waals surface area contributed by atoms with Gasteiger partial charge in [-0.05, 0) is 12.0 Å². The SMILES string of the molecule is N/N=C(/N)CCc1ccccc1. The second kappa shape index (κ2) is 4.38. The molecular formula is C9H13N3. The summed E-state index contributed by atoms with van der Waals surface area (Å²) in [7, 11) is 0. The third-order valence-electron chi connectivity index (χ3n) is 1.68. The van der Waals surface area contributed by atoms with Crippen molar-refractivity contribution in [3.63, 3.8) is 0 Å². The molecule has 0 saturated carbocycles. The molecule has 64 valence electrons. The highest BCUT2D eigenvalue weighted by atomic mass is 15.1. The van der Waals surface area contributed by atoms with E-state index in [9.17, 15) is 0 Å². The van der Waals surface area contributed by atoms with Crippen molar-refractivity contribution in [1.82, 2.24) is 0 Å². The minimum absolute atomic E-state index is 0.499. The summed E-state index contributed by atoms with van der Waals surface area (Å²) in [6.07, 6.45) is 1.62. The maximum Gasteiger partial charge on any atom is 0.119 e. The Morgan fingerprint density at radius 1 is 1.25 bits per heavy atom. The highest BCUT2D eigenvalue weighted by Gasteiger charge is 1.93. The number of hydrogen-bond acceptors (Lipinski definition) is 2. The van der Waals surface area contributed by atoms with Crippen LogP contribution >= 0.6 is 0 Å². The van der Waals surface area contributed by atoms with Crippen molar-refractivity contribution in [1.29, 1.82) is 0 Å². The average Bonchev–Trinajstić information content (AvgIpc) is 2.16. The van der Waals surface area contributed by atoms with E-state index in [0.29, 0.717) is 5.84 Å². The molecule has 0 amide bonds. The number of hydrogen-bond donors (Lipinski definition) is 2. The third-order valence-corrected chi connectivity index (χ3v) is 1.68. The van der Waals surface area contributed by atoms with Crippen LogP contribution in [0.3, 0.4) is 0 Å². The first-order chi connectivity index (χ1) is 5.83. The maximum atomic E-state index is 5.45. The highest BCUT2D eigenvalue weighted by molar-refractivity contribution is 5.80. The van der Waals surface area contributed by atoms with Gasteiger partial charge in [0.1, 0.15) is 5.84 Å². The van der Waals surface area contributed by atoms with Gasteiger partial charge in [0, 0.05) is 6.42 Å². The average molecular weight is 163 g/mol. The van der Waals surface area contributed by atoms with E-state index in [1.165, 1.54) is 5.56 Å². The summed E-state index contributed by atoms with van der Waals surface area (Å²) >= 11 is 0. The van der Waals surface area contributed by atoms with Gasteiger partial charge in [-0.2, -0.15) is 5.10 Å². The summed E-state index contributed by atoms with van der Waals surface area (Å²) in [5.74, 6) is 5.50. The van der Waals surface area contributed by atoms with Crippen LogP contribution in [-0.4, -0.2) is 5.84 Å². The number of benzene rings is 1. The molecular weight excluding hydrogens is 150 g/mol. The molecule has 0 aliphatic carbocycles. The van der Waals surface area contributed by atoms with Gasteiger partial charge >= 0.3 is 0 Å². The molecule has 0 bridgehead atoms. The summed E-state index contributed by atoms with van der Waals surface area (Å²) in [6, 6.07) is 10.1. The van der Waals surface area contributed by atoms with E-state index in [1.54, 1.807) is 0 Å². The van der Waals surface area contributed by atoms with Gasteiger partial charge in [-0.25, -0.2) is 0 Å². The Balaban J connectivity index is 2.44. The molecule has 0 aromatic heterocycles. The molecule has 0 fully saturated rings. The van der Waals surface area contributed by atoms with E-state index < -0.39 is 0 Å². The molecule has 0 heterocycles. The lowest BCUT2D eigenvalue weighted by Crippen LogP contribution is -2.14. The Labute approximate surface area is 72.1 Å². The van der Waals surface area contributed by atoms with Gasteiger partial charge in [0.05, 0.1) is 0 Å². The smallest absolute Gasteiger partial charge is 0.119 e. The summed E-state index contributed by atoms with van der Waals surface area (Å²) in [6.45, 7) is 0. The van der Waals surface area contributed by atoms with Crippen LogP contribution in [0.25, 0.3) is 0 Å². The molecule has 1 aromatic carbocycles. The third kappa shape index (κ3) is 2.62. The van der Waals surface area contributed by atoms with E-state index in [2.05, 4.69) is 17.2 Å². The molecule has 1 aromatic rings. The van der Waals surface area contributed by atoms with E-state index in [-0.39, 0.29) is 0 Å². The quantitative estimate of drug-likeness (QED) is 0.300. The largest absolute Gasteiger partial charge is 0.386 e. The fourth-order valence-electron chi connectivity index (χ4n) is 0.982. The molecule has 0 saturated heterocycles. The fourth-order valence-corrected chi connectivity index (χ4v) is 0.982. The number of nitrogens with two attached hydrogens (primary N) is 2. The van der Waals surface area contributed by atoms with Gasteiger partial charge < -0.3 is 11.6 Å². The molecule has 4 N–H and O–H groups in total. The monoisotopic (exact) mass is 163 g/mol. The van der Waals surface area contributed by atoms with Crippen LogP contribution in [-0.2, 0) is 6.42 Å². The zero-order valence-corrected chi connectivity index (χ0v) is 6.90. The van der Waals surface area contributed by atoms with Gasteiger partial charge in [0.2, 0.25) is 0 Å². The van der Waals surface area contributed by atoms with Gasteiger partial charge in [-0.1, -0.05) is 30.3 Å². The minimum atomic E-state index is 0.499. The Morgan fingerprint density at radius 3 is 2.50 bits per heavy atom. The number of nitrogens with zero attached hydrogens (tertiary/aromatic N) is 1. The Hall–Kier alpha value is -1.51. The lowest BCUT2D eigenvalue weighted by atomic mass is 10.1. The molecule has 0 aliphatic heterocycles. The van der Waals surface area contributed by atoms with Crippen LogP contribution in [0, 0.1) is 0 Å². The zero-order chi connectivity index (χ0) is 8.81. The zero-order valence-electron chi connectivity index (χ0n) is 6.90. The van der Waals surface area contributed by atoms with Crippen LogP contribution in [0.15, 0.2) is 35.4 Å². The van der Waals surface area contributed by atoms with E-state index in [4.69, 9.17) is 11.6 Å². The van der Waals surface area contributed by atoms with Gasteiger partial charge in [-0.3, -0.25) is 0 Å². The van der Waals surface area contributed by atoms with Gasteiger partial charge in [-0.15, -0.1) is 0 Å². The summed E-state index contributed by atoms with van der Waals surface area (Å²) < 4.78 is 0. The molecule has 3 heteroatoms.